The van der Waals surface area contributed by atoms with Gasteiger partial charge in [-0.05, 0) is 62.6 Å². The Bertz CT molecular complexity index is 1110. The molecule has 0 spiro atoms. The molecule has 2 aliphatic heterocycles. The molecule has 2 aromatic rings. The number of amides is 1. The number of hydrogen-bond donors (Lipinski definition) is 1. The lowest BCUT2D eigenvalue weighted by molar-refractivity contribution is 0.0911. The maximum absolute atomic E-state index is 14.4. The Morgan fingerprint density at radius 2 is 1.71 bits per heavy atom. The Hall–Kier alpha value is -2.65. The molecule has 166 valence electrons. The van der Waals surface area contributed by atoms with Gasteiger partial charge >= 0.3 is 0 Å². The Morgan fingerprint density at radius 1 is 1.03 bits per heavy atom. The van der Waals surface area contributed by atoms with Gasteiger partial charge in [-0.1, -0.05) is 6.07 Å². The third-order valence-electron chi connectivity index (χ3n) is 5.57. The monoisotopic (exact) mass is 448 g/mol. The van der Waals surface area contributed by atoms with E-state index in [1.807, 2.05) is 26.0 Å². The molecule has 1 N–H and O–H groups in total. The Labute approximate surface area is 181 Å². The van der Waals surface area contributed by atoms with Gasteiger partial charge in [0.2, 0.25) is 10.0 Å². The lowest BCUT2D eigenvalue weighted by Crippen LogP contribution is -2.41. The van der Waals surface area contributed by atoms with Crippen LogP contribution in [0, 0.1) is 5.82 Å². The molecular formula is C22H25FN2O5S. The fraction of sp³-hybridized carbons (Fsp3) is 0.409. The molecule has 0 radical (unpaired) electrons. The summed E-state index contributed by atoms with van der Waals surface area (Å²) in [6.07, 6.45) is 1.48. The molecule has 7 nitrogen and oxygen atoms in total. The van der Waals surface area contributed by atoms with Crippen LogP contribution in [0.15, 0.2) is 41.3 Å². The van der Waals surface area contributed by atoms with E-state index >= 15 is 0 Å². The quantitative estimate of drug-likeness (QED) is 0.760. The first-order valence-electron chi connectivity index (χ1n) is 10.2. The van der Waals surface area contributed by atoms with E-state index in [1.165, 1.54) is 10.4 Å². The minimum absolute atomic E-state index is 0.0739. The summed E-state index contributed by atoms with van der Waals surface area (Å²) in [5, 5.41) is 2.90. The molecule has 1 saturated heterocycles. The number of nitrogens with one attached hydrogen (secondary N) is 1. The topological polar surface area (TPSA) is 84.9 Å². The molecule has 0 unspecified atom stereocenters. The summed E-state index contributed by atoms with van der Waals surface area (Å²) in [6.45, 7) is 5.29. The summed E-state index contributed by atoms with van der Waals surface area (Å²) in [7, 11) is -3.98. The number of benzene rings is 2. The second-order valence-corrected chi connectivity index (χ2v) is 10.1. The lowest BCUT2D eigenvalue weighted by atomic mass is 9.93. The number of fused-ring (bicyclic) bond motifs is 1. The van der Waals surface area contributed by atoms with Crippen molar-refractivity contribution in [2.45, 2.75) is 37.1 Å². The predicted octanol–water partition coefficient (Wildman–Crippen LogP) is 3.05. The van der Waals surface area contributed by atoms with Crippen molar-refractivity contribution in [2.75, 3.05) is 26.3 Å². The smallest absolute Gasteiger partial charge is 0.252 e. The molecule has 1 fully saturated rings. The Kier molecular flexibility index (Phi) is 5.65. The maximum atomic E-state index is 14.4. The third-order valence-corrected chi connectivity index (χ3v) is 7.48. The van der Waals surface area contributed by atoms with E-state index < -0.39 is 32.2 Å². The van der Waals surface area contributed by atoms with Gasteiger partial charge in [0.15, 0.2) is 11.5 Å². The van der Waals surface area contributed by atoms with Gasteiger partial charge in [0.05, 0.1) is 5.54 Å². The van der Waals surface area contributed by atoms with E-state index in [0.29, 0.717) is 37.8 Å². The summed E-state index contributed by atoms with van der Waals surface area (Å²) in [5.41, 5.74) is 0.0666. The van der Waals surface area contributed by atoms with Crippen LogP contribution in [0.2, 0.25) is 0 Å². The molecule has 2 heterocycles. The first kappa shape index (κ1) is 21.6. The van der Waals surface area contributed by atoms with Crippen LogP contribution >= 0.6 is 0 Å². The SMILES string of the molecule is CC(C)(NC(=O)c1ccc(F)c(S(=O)(=O)N2CCCC2)c1)c1ccc2c(c1)OCCO2. The van der Waals surface area contributed by atoms with Gasteiger partial charge in [-0.2, -0.15) is 4.31 Å². The summed E-state index contributed by atoms with van der Waals surface area (Å²) >= 11 is 0. The van der Waals surface area contributed by atoms with Gasteiger partial charge in [0.1, 0.15) is 23.9 Å². The van der Waals surface area contributed by atoms with E-state index in [2.05, 4.69) is 5.32 Å². The number of halogens is 1. The van der Waals surface area contributed by atoms with Crippen LogP contribution in [-0.2, 0) is 15.6 Å². The highest BCUT2D eigenvalue weighted by molar-refractivity contribution is 7.89. The number of hydrogen-bond acceptors (Lipinski definition) is 5. The van der Waals surface area contributed by atoms with E-state index in [4.69, 9.17) is 9.47 Å². The number of ether oxygens (including phenoxy) is 2. The van der Waals surface area contributed by atoms with Crippen molar-refractivity contribution in [3.8, 4) is 11.5 Å². The normalized spacial score (nSPS) is 16.9. The summed E-state index contributed by atoms with van der Waals surface area (Å²) in [5.74, 6) is -0.119. The van der Waals surface area contributed by atoms with E-state index in [9.17, 15) is 17.6 Å². The van der Waals surface area contributed by atoms with E-state index in [1.54, 1.807) is 6.07 Å². The highest BCUT2D eigenvalue weighted by Gasteiger charge is 2.31. The second-order valence-electron chi connectivity index (χ2n) is 8.19. The van der Waals surface area contributed by atoms with Crippen LogP contribution in [0.3, 0.4) is 0 Å². The number of carbonyl (C=O) groups excluding carboxylic acids is 1. The maximum Gasteiger partial charge on any atom is 0.252 e. The van der Waals surface area contributed by atoms with Crippen molar-refractivity contribution in [2.24, 2.45) is 0 Å². The standard InChI is InChI=1S/C22H25FN2O5S/c1-22(2,16-6-8-18-19(14-16)30-12-11-29-18)24-21(26)15-5-7-17(23)20(13-15)31(27,28)25-9-3-4-10-25/h5-8,13-14H,3-4,9-12H2,1-2H3,(H,24,26). The van der Waals surface area contributed by atoms with Gasteiger partial charge in [-0.25, -0.2) is 12.8 Å². The van der Waals surface area contributed by atoms with Crippen molar-refractivity contribution in [1.82, 2.24) is 9.62 Å². The van der Waals surface area contributed by atoms with Gasteiger partial charge < -0.3 is 14.8 Å². The minimum Gasteiger partial charge on any atom is -0.486 e. The molecule has 31 heavy (non-hydrogen) atoms. The fourth-order valence-electron chi connectivity index (χ4n) is 3.77. The first-order chi connectivity index (χ1) is 14.7. The molecular weight excluding hydrogens is 423 g/mol. The van der Waals surface area contributed by atoms with Gasteiger partial charge in [-0.3, -0.25) is 4.79 Å². The van der Waals surface area contributed by atoms with Crippen LogP contribution in [-0.4, -0.2) is 44.9 Å². The molecule has 2 aromatic carbocycles. The Balaban J connectivity index is 1.58. The molecule has 1 amide bonds. The average molecular weight is 449 g/mol. The van der Waals surface area contributed by atoms with Crippen molar-refractivity contribution in [3.63, 3.8) is 0 Å². The third kappa shape index (κ3) is 4.24. The van der Waals surface area contributed by atoms with Crippen LogP contribution in [0.4, 0.5) is 4.39 Å². The van der Waals surface area contributed by atoms with Crippen molar-refractivity contribution in [1.29, 1.82) is 0 Å². The Morgan fingerprint density at radius 3 is 2.42 bits per heavy atom. The molecule has 0 aromatic heterocycles. The molecule has 0 atom stereocenters. The molecule has 0 saturated carbocycles. The highest BCUT2D eigenvalue weighted by Crippen LogP contribution is 2.34. The summed E-state index contributed by atoms with van der Waals surface area (Å²) < 4.78 is 52.4. The van der Waals surface area contributed by atoms with Crippen molar-refractivity contribution < 1.29 is 27.1 Å². The van der Waals surface area contributed by atoms with Crippen molar-refractivity contribution >= 4 is 15.9 Å². The van der Waals surface area contributed by atoms with Crippen LogP contribution in [0.1, 0.15) is 42.6 Å². The first-order valence-corrected chi connectivity index (χ1v) is 11.6. The number of rotatable bonds is 5. The summed E-state index contributed by atoms with van der Waals surface area (Å²) in [6, 6.07) is 8.85. The number of nitrogens with zero attached hydrogens (tertiary/aromatic N) is 1. The molecule has 0 bridgehead atoms. The average Bonchev–Trinajstić information content (AvgIpc) is 3.29. The second kappa shape index (κ2) is 8.12. The molecule has 0 aliphatic carbocycles. The molecule has 9 heteroatoms. The predicted molar refractivity (Wildman–Crippen MR) is 112 cm³/mol. The van der Waals surface area contributed by atoms with Crippen molar-refractivity contribution in [3.05, 3.63) is 53.3 Å². The van der Waals surface area contributed by atoms with Gasteiger partial charge in [0.25, 0.3) is 5.91 Å². The number of carbonyl (C=O) groups is 1. The van der Waals surface area contributed by atoms with E-state index in [0.717, 1.165) is 30.5 Å². The lowest BCUT2D eigenvalue weighted by Gasteiger charge is -2.29. The zero-order valence-electron chi connectivity index (χ0n) is 17.5. The van der Waals surface area contributed by atoms with E-state index in [-0.39, 0.29) is 5.56 Å². The largest absolute Gasteiger partial charge is 0.486 e. The van der Waals surface area contributed by atoms with Crippen LogP contribution in [0.25, 0.3) is 0 Å². The highest BCUT2D eigenvalue weighted by atomic mass is 32.2. The van der Waals surface area contributed by atoms with Crippen LogP contribution in [0.5, 0.6) is 11.5 Å². The fourth-order valence-corrected chi connectivity index (χ4v) is 5.38. The van der Waals surface area contributed by atoms with Gasteiger partial charge in [-0.15, -0.1) is 0 Å². The van der Waals surface area contributed by atoms with Crippen LogP contribution < -0.4 is 14.8 Å². The molecule has 2 aliphatic rings. The number of sulfonamides is 1. The van der Waals surface area contributed by atoms with Gasteiger partial charge in [0, 0.05) is 18.7 Å². The zero-order valence-corrected chi connectivity index (χ0v) is 18.3. The summed E-state index contributed by atoms with van der Waals surface area (Å²) in [4.78, 5) is 12.5. The molecule has 4 rings (SSSR count). The zero-order chi connectivity index (χ0) is 22.2. The minimum atomic E-state index is -3.98.